The molecule has 3 aromatic rings. The molecule has 4 rings (SSSR count). The van der Waals surface area contributed by atoms with E-state index in [-0.39, 0.29) is 11.8 Å². The van der Waals surface area contributed by atoms with Gasteiger partial charge in [-0.1, -0.05) is 29.8 Å². The maximum Gasteiger partial charge on any atom is 0.272 e. The average Bonchev–Trinajstić information content (AvgIpc) is 3.32. The van der Waals surface area contributed by atoms with Crippen LogP contribution in [-0.2, 0) is 15.3 Å². The fourth-order valence-corrected chi connectivity index (χ4v) is 4.24. The van der Waals surface area contributed by atoms with Gasteiger partial charge in [-0.2, -0.15) is 0 Å². The number of methoxy groups -OCH3 is 1. The number of rotatable bonds is 6. The number of amides is 2. The Balaban J connectivity index is 1.75. The van der Waals surface area contributed by atoms with Crippen LogP contribution in [0.4, 0.5) is 5.69 Å². The van der Waals surface area contributed by atoms with E-state index in [9.17, 15) is 9.59 Å². The molecular formula is C22H16ClNO4S. The van der Waals surface area contributed by atoms with Crippen molar-refractivity contribution in [2.75, 3.05) is 12.0 Å². The van der Waals surface area contributed by atoms with Gasteiger partial charge in [0.1, 0.15) is 11.5 Å². The van der Waals surface area contributed by atoms with Crippen molar-refractivity contribution in [3.8, 4) is 5.75 Å². The van der Waals surface area contributed by atoms with E-state index < -0.39 is 0 Å². The van der Waals surface area contributed by atoms with Crippen LogP contribution in [0.15, 0.2) is 76.2 Å². The first-order valence-electron chi connectivity index (χ1n) is 8.76. The van der Waals surface area contributed by atoms with Crippen LogP contribution in [0.5, 0.6) is 5.75 Å². The first-order chi connectivity index (χ1) is 14.1. The van der Waals surface area contributed by atoms with Crippen molar-refractivity contribution in [3.63, 3.8) is 0 Å². The number of ether oxygens (including phenoxy) is 1. The molecule has 0 spiro atoms. The van der Waals surface area contributed by atoms with E-state index in [0.717, 1.165) is 10.7 Å². The first-order valence-corrected chi connectivity index (χ1v) is 10.1. The molecular weight excluding hydrogens is 410 g/mol. The highest BCUT2D eigenvalue weighted by Gasteiger charge is 2.40. The first kappa shape index (κ1) is 19.4. The molecule has 0 N–H and O–H groups in total. The maximum atomic E-state index is 13.3. The summed E-state index contributed by atoms with van der Waals surface area (Å²) < 4.78 is 10.6. The highest BCUT2D eigenvalue weighted by atomic mass is 35.5. The van der Waals surface area contributed by atoms with Gasteiger partial charge in [0.2, 0.25) is 0 Å². The van der Waals surface area contributed by atoms with Crippen LogP contribution < -0.4 is 9.64 Å². The second kappa shape index (κ2) is 8.19. The largest absolute Gasteiger partial charge is 0.497 e. The van der Waals surface area contributed by atoms with Crippen molar-refractivity contribution in [1.29, 1.82) is 0 Å². The highest BCUT2D eigenvalue weighted by molar-refractivity contribution is 8.03. The molecule has 1 aliphatic rings. The Morgan fingerprint density at radius 3 is 2.48 bits per heavy atom. The minimum Gasteiger partial charge on any atom is -0.497 e. The zero-order chi connectivity index (χ0) is 20.4. The molecule has 2 heterocycles. The van der Waals surface area contributed by atoms with Gasteiger partial charge in [0.25, 0.3) is 11.8 Å². The summed E-state index contributed by atoms with van der Waals surface area (Å²) in [7, 11) is 1.57. The van der Waals surface area contributed by atoms with E-state index in [1.807, 2.05) is 6.07 Å². The van der Waals surface area contributed by atoms with Gasteiger partial charge in [0.05, 0.1) is 35.3 Å². The van der Waals surface area contributed by atoms with Crippen LogP contribution in [-0.4, -0.2) is 18.9 Å². The topological polar surface area (TPSA) is 59.8 Å². The summed E-state index contributed by atoms with van der Waals surface area (Å²) >= 11 is 7.35. The molecule has 1 aromatic heterocycles. The molecule has 0 fully saturated rings. The molecule has 2 amide bonds. The number of hydrogen-bond donors (Lipinski definition) is 0. The second-order valence-electron chi connectivity index (χ2n) is 6.23. The van der Waals surface area contributed by atoms with Gasteiger partial charge < -0.3 is 9.15 Å². The van der Waals surface area contributed by atoms with Crippen molar-refractivity contribution in [1.82, 2.24) is 0 Å². The van der Waals surface area contributed by atoms with Crippen LogP contribution in [0, 0.1) is 0 Å². The highest BCUT2D eigenvalue weighted by Crippen LogP contribution is 2.40. The summed E-state index contributed by atoms with van der Waals surface area (Å²) in [5, 5.41) is 0.450. The molecule has 0 saturated carbocycles. The zero-order valence-corrected chi connectivity index (χ0v) is 17.0. The number of furan rings is 1. The lowest BCUT2D eigenvalue weighted by Crippen LogP contribution is -2.31. The third-order valence-corrected chi connectivity index (χ3v) is 5.76. The normalized spacial score (nSPS) is 14.1. The number of anilines is 1. The number of carbonyl (C=O) groups is 2. The van der Waals surface area contributed by atoms with E-state index in [4.69, 9.17) is 20.8 Å². The molecule has 0 unspecified atom stereocenters. The van der Waals surface area contributed by atoms with Gasteiger partial charge in [-0.15, -0.1) is 11.8 Å². The Morgan fingerprint density at radius 2 is 1.83 bits per heavy atom. The molecule has 146 valence electrons. The molecule has 7 heteroatoms. The fraction of sp³-hybridized carbons (Fsp3) is 0.0909. The standard InChI is InChI=1S/C22H16ClNO4S/c1-27-17-9-7-14(8-10-17)19-20(29-13-18-6-3-11-28-18)22(26)24(21(19)25)16-5-2-4-15(23)12-16/h2-12H,13H2,1H3. The third kappa shape index (κ3) is 3.81. The molecule has 1 aliphatic heterocycles. The number of benzene rings is 2. The minimum atomic E-state index is -0.385. The van der Waals surface area contributed by atoms with Crippen molar-refractivity contribution >= 4 is 46.4 Å². The number of thioether (sulfide) groups is 1. The van der Waals surface area contributed by atoms with E-state index in [1.54, 1.807) is 68.0 Å². The van der Waals surface area contributed by atoms with Gasteiger partial charge in [-0.05, 0) is 48.0 Å². The van der Waals surface area contributed by atoms with Gasteiger partial charge in [0.15, 0.2) is 0 Å². The molecule has 29 heavy (non-hydrogen) atoms. The molecule has 0 saturated heterocycles. The summed E-state index contributed by atoms with van der Waals surface area (Å²) in [5.41, 5.74) is 1.44. The van der Waals surface area contributed by atoms with Crippen molar-refractivity contribution in [2.45, 2.75) is 5.75 Å². The molecule has 0 aliphatic carbocycles. The van der Waals surface area contributed by atoms with E-state index in [0.29, 0.717) is 38.3 Å². The monoisotopic (exact) mass is 425 g/mol. The van der Waals surface area contributed by atoms with E-state index in [1.165, 1.54) is 11.8 Å². The van der Waals surface area contributed by atoms with Gasteiger partial charge in [-0.25, -0.2) is 4.90 Å². The Hall–Kier alpha value is -2.96. The molecule has 2 aromatic carbocycles. The lowest BCUT2D eigenvalue weighted by Gasteiger charge is -2.15. The Labute approximate surface area is 176 Å². The van der Waals surface area contributed by atoms with Gasteiger partial charge in [-0.3, -0.25) is 9.59 Å². The smallest absolute Gasteiger partial charge is 0.272 e. The summed E-state index contributed by atoms with van der Waals surface area (Å²) in [6.45, 7) is 0. The van der Waals surface area contributed by atoms with Crippen LogP contribution in [0.2, 0.25) is 5.02 Å². The van der Waals surface area contributed by atoms with E-state index in [2.05, 4.69) is 0 Å². The molecule has 0 atom stereocenters. The number of hydrogen-bond acceptors (Lipinski definition) is 5. The third-order valence-electron chi connectivity index (χ3n) is 4.43. The Bertz CT molecular complexity index is 1090. The Kier molecular flexibility index (Phi) is 5.47. The Morgan fingerprint density at radius 1 is 1.03 bits per heavy atom. The summed E-state index contributed by atoms with van der Waals surface area (Å²) in [6, 6.07) is 17.4. The summed E-state index contributed by atoms with van der Waals surface area (Å²) in [4.78, 5) is 28.0. The zero-order valence-electron chi connectivity index (χ0n) is 15.4. The van der Waals surface area contributed by atoms with Crippen molar-refractivity contribution in [2.24, 2.45) is 0 Å². The number of halogens is 1. The second-order valence-corrected chi connectivity index (χ2v) is 7.65. The SMILES string of the molecule is COc1ccc(C2=C(SCc3ccco3)C(=O)N(c3cccc(Cl)c3)C2=O)cc1. The maximum absolute atomic E-state index is 13.3. The fourth-order valence-electron chi connectivity index (χ4n) is 3.04. The molecule has 5 nitrogen and oxygen atoms in total. The van der Waals surface area contributed by atoms with Crippen LogP contribution in [0.3, 0.4) is 0 Å². The molecule has 0 radical (unpaired) electrons. The van der Waals surface area contributed by atoms with Gasteiger partial charge >= 0.3 is 0 Å². The van der Waals surface area contributed by atoms with Crippen LogP contribution in [0.1, 0.15) is 11.3 Å². The van der Waals surface area contributed by atoms with Crippen molar-refractivity contribution < 1.29 is 18.7 Å². The summed E-state index contributed by atoms with van der Waals surface area (Å²) in [6.07, 6.45) is 1.58. The molecule has 0 bridgehead atoms. The number of nitrogens with zero attached hydrogens (tertiary/aromatic N) is 1. The quantitative estimate of drug-likeness (QED) is 0.510. The van der Waals surface area contributed by atoms with Crippen molar-refractivity contribution in [3.05, 3.63) is 88.2 Å². The lowest BCUT2D eigenvalue weighted by atomic mass is 10.1. The number of imide groups is 1. The van der Waals surface area contributed by atoms with Crippen LogP contribution >= 0.6 is 23.4 Å². The van der Waals surface area contributed by atoms with Crippen LogP contribution in [0.25, 0.3) is 5.57 Å². The van der Waals surface area contributed by atoms with Gasteiger partial charge in [0, 0.05) is 5.02 Å². The lowest BCUT2D eigenvalue weighted by molar-refractivity contribution is -0.119. The minimum absolute atomic E-state index is 0.356. The average molecular weight is 426 g/mol. The predicted octanol–water partition coefficient (Wildman–Crippen LogP) is 5.16. The predicted molar refractivity (Wildman–Crippen MR) is 114 cm³/mol. The summed E-state index contributed by atoms with van der Waals surface area (Å²) in [5.74, 6) is 1.06. The van der Waals surface area contributed by atoms with E-state index >= 15 is 0 Å². The number of carbonyl (C=O) groups excluding carboxylic acids is 2.